The Morgan fingerprint density at radius 1 is 1.26 bits per heavy atom. The molecule has 0 aliphatic carbocycles. The van der Waals surface area contributed by atoms with E-state index < -0.39 is 22.2 Å². The van der Waals surface area contributed by atoms with Crippen molar-refractivity contribution < 1.29 is 31.5 Å². The third-order valence-corrected chi connectivity index (χ3v) is 7.83. The third kappa shape index (κ3) is 7.39. The van der Waals surface area contributed by atoms with E-state index in [9.17, 15) is 21.6 Å². The number of likely N-dealkylation sites (tertiary alicyclic amines) is 1. The molecular formula is C24H27ClF3N5O4S. The van der Waals surface area contributed by atoms with Gasteiger partial charge in [-0.15, -0.1) is 0 Å². The molecule has 38 heavy (non-hydrogen) atoms. The molecule has 0 unspecified atom stereocenters. The fraction of sp³-hybridized carbons (Fsp3) is 0.333. The van der Waals surface area contributed by atoms with Gasteiger partial charge in [0.15, 0.2) is 0 Å². The number of anilines is 2. The average Bonchev–Trinajstić information content (AvgIpc) is 3.56. The number of carbonyl (C=O) groups is 1. The van der Waals surface area contributed by atoms with Gasteiger partial charge in [-0.2, -0.15) is 13.2 Å². The summed E-state index contributed by atoms with van der Waals surface area (Å²) in [4.78, 5) is 20.2. The van der Waals surface area contributed by atoms with Crippen LogP contribution >= 0.6 is 11.6 Å². The van der Waals surface area contributed by atoms with E-state index >= 15 is 0 Å². The topological polar surface area (TPSA) is 119 Å². The summed E-state index contributed by atoms with van der Waals surface area (Å²) in [6, 6.07) is 16.0. The zero-order chi connectivity index (χ0) is 28.1. The van der Waals surface area contributed by atoms with Gasteiger partial charge in [0, 0.05) is 32.2 Å². The molecule has 4 rings (SSSR count). The molecule has 1 saturated heterocycles. The van der Waals surface area contributed by atoms with Gasteiger partial charge in [-0.05, 0) is 37.1 Å². The first-order valence-corrected chi connectivity index (χ1v) is 13.3. The van der Waals surface area contributed by atoms with Gasteiger partial charge in [-0.25, -0.2) is 18.2 Å². The smallest absolute Gasteiger partial charge is 0.475 e. The van der Waals surface area contributed by atoms with Crippen LogP contribution in [0.3, 0.4) is 0 Å². The molecular weight excluding hydrogens is 547 g/mol. The highest BCUT2D eigenvalue weighted by molar-refractivity contribution is 7.92. The summed E-state index contributed by atoms with van der Waals surface area (Å²) in [5.74, 6) is -2.46. The van der Waals surface area contributed by atoms with Crippen molar-refractivity contribution in [3.8, 4) is 0 Å². The number of nitrogens with one attached hydrogen (secondary N) is 2. The molecule has 14 heteroatoms. The van der Waals surface area contributed by atoms with Crippen molar-refractivity contribution in [3.05, 3.63) is 71.6 Å². The summed E-state index contributed by atoms with van der Waals surface area (Å²) in [5.41, 5.74) is 2.13. The number of hydrogen-bond donors (Lipinski definition) is 3. The van der Waals surface area contributed by atoms with Crippen molar-refractivity contribution in [2.75, 3.05) is 29.8 Å². The molecule has 0 amide bonds. The van der Waals surface area contributed by atoms with Crippen molar-refractivity contribution in [2.24, 2.45) is 0 Å². The summed E-state index contributed by atoms with van der Waals surface area (Å²) in [5, 5.41) is 7.53. The van der Waals surface area contributed by atoms with E-state index in [0.717, 1.165) is 25.2 Å². The molecule has 0 radical (unpaired) electrons. The van der Waals surface area contributed by atoms with E-state index in [1.54, 1.807) is 12.1 Å². The second-order valence-electron chi connectivity index (χ2n) is 8.62. The van der Waals surface area contributed by atoms with E-state index in [4.69, 9.17) is 21.5 Å². The Hall–Kier alpha value is -3.29. The van der Waals surface area contributed by atoms with Gasteiger partial charge in [-0.3, -0.25) is 9.62 Å². The molecule has 2 atom stereocenters. The number of halogens is 4. The molecule has 0 saturated carbocycles. The van der Waals surface area contributed by atoms with Crippen molar-refractivity contribution in [1.82, 2.24) is 14.9 Å². The Kier molecular flexibility index (Phi) is 9.28. The maximum Gasteiger partial charge on any atom is 0.490 e. The largest absolute Gasteiger partial charge is 0.490 e. The lowest BCUT2D eigenvalue weighted by Gasteiger charge is -2.30. The molecule has 3 N–H and O–H groups in total. The van der Waals surface area contributed by atoms with Crippen LogP contribution in [-0.2, 0) is 14.8 Å². The summed E-state index contributed by atoms with van der Waals surface area (Å²) in [7, 11) is -1.74. The Balaban J connectivity index is 0.000000505. The molecule has 9 nitrogen and oxygen atoms in total. The first kappa shape index (κ1) is 29.3. The van der Waals surface area contributed by atoms with Gasteiger partial charge in [0.1, 0.15) is 5.82 Å². The van der Waals surface area contributed by atoms with Gasteiger partial charge in [0.2, 0.25) is 0 Å². The van der Waals surface area contributed by atoms with Gasteiger partial charge >= 0.3 is 12.1 Å². The summed E-state index contributed by atoms with van der Waals surface area (Å²) < 4.78 is 59.4. The van der Waals surface area contributed by atoms with Gasteiger partial charge < -0.3 is 15.0 Å². The molecule has 0 bridgehead atoms. The van der Waals surface area contributed by atoms with Crippen LogP contribution < -0.4 is 9.62 Å². The SMILES string of the molecule is C[C@H](c1ccccc1)N1CC[C@H](N(C)c2ccc(S(=O)(=O)Nc3cnc[nH]3)cc2Cl)C1.O=C(O)C(F)(F)F. The Morgan fingerprint density at radius 3 is 2.47 bits per heavy atom. The van der Waals surface area contributed by atoms with E-state index in [1.165, 1.54) is 24.2 Å². The highest BCUT2D eigenvalue weighted by Gasteiger charge is 2.38. The predicted molar refractivity (Wildman–Crippen MR) is 138 cm³/mol. The lowest BCUT2D eigenvalue weighted by molar-refractivity contribution is -0.192. The molecule has 0 spiro atoms. The highest BCUT2D eigenvalue weighted by Crippen LogP contribution is 2.33. The first-order valence-electron chi connectivity index (χ1n) is 11.4. The van der Waals surface area contributed by atoms with Crippen LogP contribution in [0.25, 0.3) is 0 Å². The lowest BCUT2D eigenvalue weighted by atomic mass is 10.1. The Bertz CT molecular complexity index is 1320. The quantitative estimate of drug-likeness (QED) is 0.372. The van der Waals surface area contributed by atoms with Crippen molar-refractivity contribution in [1.29, 1.82) is 0 Å². The van der Waals surface area contributed by atoms with Crippen LogP contribution in [0.4, 0.5) is 24.7 Å². The molecule has 3 aromatic rings. The van der Waals surface area contributed by atoms with Crippen molar-refractivity contribution in [2.45, 2.75) is 36.5 Å². The van der Waals surface area contributed by atoms with Crippen LogP contribution in [0.1, 0.15) is 24.9 Å². The van der Waals surface area contributed by atoms with Crippen LogP contribution in [0.15, 0.2) is 66.0 Å². The molecule has 1 fully saturated rings. The molecule has 2 aromatic carbocycles. The van der Waals surface area contributed by atoms with Crippen molar-refractivity contribution >= 4 is 39.1 Å². The maximum atomic E-state index is 12.6. The molecule has 206 valence electrons. The fourth-order valence-corrected chi connectivity index (χ4v) is 5.45. The maximum absolute atomic E-state index is 12.6. The molecule has 1 aromatic heterocycles. The number of aliphatic carboxylic acids is 1. The number of alkyl halides is 3. The molecule has 1 aliphatic heterocycles. The van der Waals surface area contributed by atoms with E-state index in [2.05, 4.69) is 55.7 Å². The molecule has 2 heterocycles. The minimum atomic E-state index is -5.08. The number of aromatic amines is 1. The number of sulfonamides is 1. The number of H-pyrrole nitrogens is 1. The monoisotopic (exact) mass is 573 g/mol. The molecule has 1 aliphatic rings. The van der Waals surface area contributed by atoms with E-state index in [0.29, 0.717) is 22.9 Å². The number of aromatic nitrogens is 2. The minimum absolute atomic E-state index is 0.106. The first-order chi connectivity index (χ1) is 17.8. The number of hydrogen-bond acceptors (Lipinski definition) is 6. The highest BCUT2D eigenvalue weighted by atomic mass is 35.5. The Morgan fingerprint density at radius 2 is 1.92 bits per heavy atom. The average molecular weight is 574 g/mol. The zero-order valence-corrected chi connectivity index (χ0v) is 22.1. The second kappa shape index (κ2) is 12.0. The van der Waals surface area contributed by atoms with Gasteiger partial charge in [0.05, 0.1) is 28.1 Å². The summed E-state index contributed by atoms with van der Waals surface area (Å²) in [6.07, 6.45) is -1.25. The van der Waals surface area contributed by atoms with E-state index in [1.807, 2.05) is 13.1 Å². The zero-order valence-electron chi connectivity index (χ0n) is 20.5. The minimum Gasteiger partial charge on any atom is -0.475 e. The van der Waals surface area contributed by atoms with Gasteiger partial charge in [0.25, 0.3) is 10.0 Å². The summed E-state index contributed by atoms with van der Waals surface area (Å²) >= 11 is 6.52. The number of imidazole rings is 1. The number of rotatable bonds is 7. The normalized spacial score (nSPS) is 16.8. The van der Waals surface area contributed by atoms with Gasteiger partial charge in [-0.1, -0.05) is 41.9 Å². The second-order valence-corrected chi connectivity index (χ2v) is 10.7. The number of nitrogens with zero attached hydrogens (tertiary/aromatic N) is 3. The van der Waals surface area contributed by atoms with Crippen LogP contribution in [0.2, 0.25) is 5.02 Å². The third-order valence-electron chi connectivity index (χ3n) is 6.17. The fourth-order valence-electron chi connectivity index (χ4n) is 4.03. The summed E-state index contributed by atoms with van der Waals surface area (Å²) in [6.45, 7) is 4.16. The predicted octanol–water partition coefficient (Wildman–Crippen LogP) is 4.77. The van der Waals surface area contributed by atoms with Crippen LogP contribution in [0.5, 0.6) is 0 Å². The lowest BCUT2D eigenvalue weighted by Crippen LogP contribution is -2.35. The van der Waals surface area contributed by atoms with E-state index in [-0.39, 0.29) is 4.90 Å². The standard InChI is InChI=1S/C22H26ClN5O2S.C2HF3O2/c1-16(17-6-4-3-5-7-17)28-11-10-18(14-28)27(2)21-9-8-19(12-20(21)23)31(29,30)26-22-13-24-15-25-22;3-2(4,5)1(6)7/h3-9,12-13,15-16,18,26H,10-11,14H2,1-2H3,(H,24,25);(H,6,7)/t16-,18+;/m1./s1. The number of likely N-dealkylation sites (N-methyl/N-ethyl adjacent to an activating group) is 1. The number of carboxylic acid groups (broad SMARTS) is 1. The van der Waals surface area contributed by atoms with Crippen molar-refractivity contribution in [3.63, 3.8) is 0 Å². The number of benzene rings is 2. The Labute approximate surface area is 223 Å². The number of carboxylic acids is 1. The van der Waals surface area contributed by atoms with Crippen LogP contribution in [0, 0.1) is 0 Å². The van der Waals surface area contributed by atoms with Crippen LogP contribution in [-0.4, -0.2) is 66.7 Å².